The maximum atomic E-state index is 3.46. The fourth-order valence-electron chi connectivity index (χ4n) is 1.76. The zero-order valence-corrected chi connectivity index (χ0v) is 13.6. The van der Waals surface area contributed by atoms with Gasteiger partial charge in [0, 0.05) is 12.2 Å². The average molecular weight is 271 g/mol. The number of hydrogen-bond donors (Lipinski definition) is 1. The predicted octanol–water partition coefficient (Wildman–Crippen LogP) is 5.70. The minimum absolute atomic E-state index is 0.981. The summed E-state index contributed by atoms with van der Waals surface area (Å²) in [6.07, 6.45) is 1.06. The summed E-state index contributed by atoms with van der Waals surface area (Å²) < 4.78 is 0. The van der Waals surface area contributed by atoms with Crippen LogP contribution in [-0.4, -0.2) is 6.54 Å². The fourth-order valence-corrected chi connectivity index (χ4v) is 1.76. The van der Waals surface area contributed by atoms with Gasteiger partial charge in [0.05, 0.1) is 0 Å². The molecule has 2 rings (SSSR count). The van der Waals surface area contributed by atoms with Crippen molar-refractivity contribution in [1.29, 1.82) is 0 Å². The lowest BCUT2D eigenvalue weighted by Crippen LogP contribution is -2.05. The van der Waals surface area contributed by atoms with Gasteiger partial charge < -0.3 is 5.32 Å². The van der Waals surface area contributed by atoms with Crippen LogP contribution in [0.3, 0.4) is 0 Å². The van der Waals surface area contributed by atoms with Crippen LogP contribution in [0.5, 0.6) is 0 Å². The molecule has 0 atom stereocenters. The molecule has 0 unspecified atom stereocenters. The van der Waals surface area contributed by atoms with Crippen LogP contribution in [0.15, 0.2) is 54.6 Å². The van der Waals surface area contributed by atoms with E-state index in [1.165, 1.54) is 16.8 Å². The van der Waals surface area contributed by atoms with E-state index in [1.807, 2.05) is 27.7 Å². The Labute approximate surface area is 125 Å². The SMILES string of the molecule is CC.CC.Cc1ccccc1NCCc1ccccc1. The first-order chi connectivity index (χ1) is 9.86. The summed E-state index contributed by atoms with van der Waals surface area (Å²) in [5, 5.41) is 3.46. The minimum Gasteiger partial charge on any atom is -0.384 e. The number of rotatable bonds is 4. The van der Waals surface area contributed by atoms with Crippen molar-refractivity contribution < 1.29 is 0 Å². The molecular weight excluding hydrogens is 242 g/mol. The summed E-state index contributed by atoms with van der Waals surface area (Å²) in [6.45, 7) is 11.1. The molecule has 2 aromatic rings. The van der Waals surface area contributed by atoms with Gasteiger partial charge in [-0.15, -0.1) is 0 Å². The highest BCUT2D eigenvalue weighted by molar-refractivity contribution is 5.50. The van der Waals surface area contributed by atoms with Crippen LogP contribution in [0, 0.1) is 6.92 Å². The maximum Gasteiger partial charge on any atom is 0.0369 e. The van der Waals surface area contributed by atoms with Crippen LogP contribution in [0.4, 0.5) is 5.69 Å². The number of benzene rings is 2. The molecule has 1 N–H and O–H groups in total. The molecule has 2 aromatic carbocycles. The maximum absolute atomic E-state index is 3.46. The van der Waals surface area contributed by atoms with E-state index >= 15 is 0 Å². The number of nitrogens with one attached hydrogen (secondary N) is 1. The Morgan fingerprint density at radius 2 is 1.30 bits per heavy atom. The number of aryl methyl sites for hydroxylation is 1. The van der Waals surface area contributed by atoms with E-state index < -0.39 is 0 Å². The molecule has 0 amide bonds. The third-order valence-electron chi connectivity index (χ3n) is 2.72. The third kappa shape index (κ3) is 6.98. The first-order valence-corrected chi connectivity index (χ1v) is 7.70. The van der Waals surface area contributed by atoms with Crippen molar-refractivity contribution in [3.63, 3.8) is 0 Å². The van der Waals surface area contributed by atoms with Crippen LogP contribution < -0.4 is 5.32 Å². The van der Waals surface area contributed by atoms with Gasteiger partial charge in [-0.05, 0) is 30.5 Å². The van der Waals surface area contributed by atoms with Crippen LogP contribution >= 0.6 is 0 Å². The van der Waals surface area contributed by atoms with Crippen molar-refractivity contribution in [2.45, 2.75) is 41.0 Å². The number of para-hydroxylation sites is 1. The molecule has 0 spiro atoms. The summed E-state index contributed by atoms with van der Waals surface area (Å²) in [7, 11) is 0. The molecule has 0 aliphatic carbocycles. The molecule has 0 saturated carbocycles. The first kappa shape index (κ1) is 18.2. The largest absolute Gasteiger partial charge is 0.384 e. The molecule has 1 heteroatoms. The van der Waals surface area contributed by atoms with Crippen molar-refractivity contribution in [3.8, 4) is 0 Å². The van der Waals surface area contributed by atoms with Gasteiger partial charge in [-0.1, -0.05) is 76.2 Å². The Morgan fingerprint density at radius 1 is 0.750 bits per heavy atom. The quantitative estimate of drug-likeness (QED) is 0.752. The molecule has 0 aliphatic heterocycles. The Hall–Kier alpha value is -1.76. The summed E-state index contributed by atoms with van der Waals surface area (Å²) >= 11 is 0. The van der Waals surface area contributed by atoms with E-state index in [1.54, 1.807) is 0 Å². The van der Waals surface area contributed by atoms with Gasteiger partial charge in [-0.2, -0.15) is 0 Å². The molecule has 0 saturated heterocycles. The van der Waals surface area contributed by atoms with Crippen molar-refractivity contribution in [1.82, 2.24) is 0 Å². The zero-order chi connectivity index (χ0) is 15.2. The van der Waals surface area contributed by atoms with Gasteiger partial charge in [0.2, 0.25) is 0 Å². The van der Waals surface area contributed by atoms with Crippen molar-refractivity contribution >= 4 is 5.69 Å². The smallest absolute Gasteiger partial charge is 0.0369 e. The lowest BCUT2D eigenvalue weighted by molar-refractivity contribution is 1.02. The van der Waals surface area contributed by atoms with Gasteiger partial charge in [0.1, 0.15) is 0 Å². The highest BCUT2D eigenvalue weighted by atomic mass is 14.9. The predicted molar refractivity (Wildman–Crippen MR) is 92.5 cm³/mol. The number of anilines is 1. The van der Waals surface area contributed by atoms with Gasteiger partial charge >= 0.3 is 0 Å². The van der Waals surface area contributed by atoms with E-state index in [2.05, 4.69) is 66.8 Å². The minimum atomic E-state index is 0.981. The Bertz CT molecular complexity index is 435. The Morgan fingerprint density at radius 3 is 1.90 bits per heavy atom. The van der Waals surface area contributed by atoms with Crippen LogP contribution in [0.2, 0.25) is 0 Å². The van der Waals surface area contributed by atoms with E-state index in [9.17, 15) is 0 Å². The molecular formula is C19H29N. The van der Waals surface area contributed by atoms with Crippen LogP contribution in [0.25, 0.3) is 0 Å². The van der Waals surface area contributed by atoms with Crippen molar-refractivity contribution in [2.24, 2.45) is 0 Å². The van der Waals surface area contributed by atoms with Gasteiger partial charge in [0.25, 0.3) is 0 Å². The second kappa shape index (κ2) is 12.3. The molecule has 0 heterocycles. The highest BCUT2D eigenvalue weighted by Gasteiger charge is 1.95. The second-order valence-electron chi connectivity index (χ2n) is 3.98. The summed E-state index contributed by atoms with van der Waals surface area (Å²) in [4.78, 5) is 0. The van der Waals surface area contributed by atoms with Gasteiger partial charge in [0.15, 0.2) is 0 Å². The summed E-state index contributed by atoms with van der Waals surface area (Å²) in [6, 6.07) is 18.9. The molecule has 110 valence electrons. The molecule has 0 aliphatic rings. The topological polar surface area (TPSA) is 12.0 Å². The van der Waals surface area contributed by atoms with Crippen molar-refractivity contribution in [3.05, 3.63) is 65.7 Å². The van der Waals surface area contributed by atoms with E-state index in [-0.39, 0.29) is 0 Å². The molecule has 1 nitrogen and oxygen atoms in total. The summed E-state index contributed by atoms with van der Waals surface area (Å²) in [5.74, 6) is 0. The number of hydrogen-bond acceptors (Lipinski definition) is 1. The lowest BCUT2D eigenvalue weighted by Gasteiger charge is -2.08. The second-order valence-corrected chi connectivity index (χ2v) is 3.98. The van der Waals surface area contributed by atoms with E-state index in [4.69, 9.17) is 0 Å². The molecule has 0 fully saturated rings. The van der Waals surface area contributed by atoms with E-state index in [0.717, 1.165) is 13.0 Å². The molecule has 0 radical (unpaired) electrons. The highest BCUT2D eigenvalue weighted by Crippen LogP contribution is 2.12. The molecule has 20 heavy (non-hydrogen) atoms. The summed E-state index contributed by atoms with van der Waals surface area (Å²) in [5.41, 5.74) is 3.91. The normalized spacial score (nSPS) is 8.65. The Kier molecular flexibility index (Phi) is 11.2. The molecule has 0 bridgehead atoms. The third-order valence-corrected chi connectivity index (χ3v) is 2.72. The monoisotopic (exact) mass is 271 g/mol. The van der Waals surface area contributed by atoms with Crippen molar-refractivity contribution in [2.75, 3.05) is 11.9 Å². The van der Waals surface area contributed by atoms with Crippen LogP contribution in [0.1, 0.15) is 38.8 Å². The molecule has 0 aromatic heterocycles. The van der Waals surface area contributed by atoms with Gasteiger partial charge in [-0.3, -0.25) is 0 Å². The van der Waals surface area contributed by atoms with Crippen LogP contribution in [-0.2, 0) is 6.42 Å². The Balaban J connectivity index is 0.000000829. The first-order valence-electron chi connectivity index (χ1n) is 7.70. The standard InChI is InChI=1S/C15H17N.2C2H6/c1-13-7-5-6-10-15(13)16-12-11-14-8-3-2-4-9-14;2*1-2/h2-10,16H,11-12H2,1H3;2*1-2H3. The van der Waals surface area contributed by atoms with Gasteiger partial charge in [-0.25, -0.2) is 0 Å². The zero-order valence-electron chi connectivity index (χ0n) is 13.6. The fraction of sp³-hybridized carbons (Fsp3) is 0.368. The van der Waals surface area contributed by atoms with E-state index in [0.29, 0.717) is 0 Å². The lowest BCUT2D eigenvalue weighted by atomic mass is 10.1. The average Bonchev–Trinajstić information content (AvgIpc) is 2.54.